The number of esters is 1. The van der Waals surface area contributed by atoms with E-state index in [-0.39, 0.29) is 18.3 Å². The van der Waals surface area contributed by atoms with Gasteiger partial charge in [-0.3, -0.25) is 4.79 Å². The lowest BCUT2D eigenvalue weighted by Crippen LogP contribution is -2.20. The molecular formula is C24H24N2O4. The van der Waals surface area contributed by atoms with Crippen molar-refractivity contribution >= 4 is 18.1 Å². The number of carbonyl (C=O) groups is 2. The predicted molar refractivity (Wildman–Crippen MR) is 115 cm³/mol. The zero-order valence-corrected chi connectivity index (χ0v) is 17.3. The van der Waals surface area contributed by atoms with Crippen molar-refractivity contribution in [3.63, 3.8) is 0 Å². The van der Waals surface area contributed by atoms with Gasteiger partial charge in [0.15, 0.2) is 0 Å². The highest BCUT2D eigenvalue weighted by Gasteiger charge is 2.09. The Hall–Kier alpha value is -3.67. The summed E-state index contributed by atoms with van der Waals surface area (Å²) in [5, 5.41) is 3.97. The van der Waals surface area contributed by atoms with Crippen molar-refractivity contribution in [2.24, 2.45) is 5.10 Å². The van der Waals surface area contributed by atoms with E-state index in [9.17, 15) is 9.59 Å². The average molecular weight is 404 g/mol. The van der Waals surface area contributed by atoms with Crippen LogP contribution in [0.4, 0.5) is 0 Å². The molecule has 0 spiro atoms. The van der Waals surface area contributed by atoms with E-state index in [2.05, 4.69) is 16.6 Å². The van der Waals surface area contributed by atoms with Gasteiger partial charge in [-0.25, -0.2) is 10.2 Å². The molecule has 0 aliphatic heterocycles. The van der Waals surface area contributed by atoms with Crippen LogP contribution in [-0.4, -0.2) is 24.7 Å². The summed E-state index contributed by atoms with van der Waals surface area (Å²) in [6.45, 7) is 6.11. The van der Waals surface area contributed by atoms with Gasteiger partial charge in [-0.15, -0.1) is 0 Å². The Morgan fingerprint density at radius 3 is 2.53 bits per heavy atom. The number of furan rings is 1. The lowest BCUT2D eigenvalue weighted by molar-refractivity contribution is -0.120. The number of nitrogens with zero attached hydrogens (tertiary/aromatic N) is 1. The summed E-state index contributed by atoms with van der Waals surface area (Å²) in [7, 11) is 0. The molecule has 3 aromatic rings. The van der Waals surface area contributed by atoms with Crippen LogP contribution >= 0.6 is 0 Å². The molecule has 30 heavy (non-hydrogen) atoms. The largest absolute Gasteiger partial charge is 0.462 e. The lowest BCUT2D eigenvalue weighted by atomic mass is 10.0. The number of hydrazone groups is 1. The molecule has 1 amide bonds. The van der Waals surface area contributed by atoms with Crippen LogP contribution in [0.15, 0.2) is 64.1 Å². The number of carbonyl (C=O) groups excluding carboxylic acids is 2. The number of hydrogen-bond donors (Lipinski definition) is 1. The van der Waals surface area contributed by atoms with Crippen molar-refractivity contribution in [1.29, 1.82) is 0 Å². The Morgan fingerprint density at radius 1 is 1.07 bits per heavy atom. The third-order valence-electron chi connectivity index (χ3n) is 4.54. The Kier molecular flexibility index (Phi) is 6.80. The molecule has 0 aliphatic carbocycles. The van der Waals surface area contributed by atoms with E-state index < -0.39 is 0 Å². The van der Waals surface area contributed by atoms with Gasteiger partial charge in [-0.1, -0.05) is 35.9 Å². The number of aryl methyl sites for hydroxylation is 2. The first-order valence-corrected chi connectivity index (χ1v) is 9.71. The zero-order valence-electron chi connectivity index (χ0n) is 17.3. The second-order valence-electron chi connectivity index (χ2n) is 6.90. The van der Waals surface area contributed by atoms with Crippen LogP contribution in [0.3, 0.4) is 0 Å². The molecule has 0 radical (unpaired) electrons. The molecule has 1 heterocycles. The summed E-state index contributed by atoms with van der Waals surface area (Å²) in [4.78, 5) is 23.8. The van der Waals surface area contributed by atoms with Crippen LogP contribution in [0.25, 0.3) is 11.3 Å². The van der Waals surface area contributed by atoms with Crippen LogP contribution in [-0.2, 0) is 16.0 Å². The summed E-state index contributed by atoms with van der Waals surface area (Å²) in [6, 6.07) is 16.5. The highest BCUT2D eigenvalue weighted by atomic mass is 16.5. The highest BCUT2D eigenvalue weighted by molar-refractivity contribution is 5.90. The first-order chi connectivity index (χ1) is 14.5. The Balaban J connectivity index is 1.57. The number of amides is 1. The molecule has 0 saturated heterocycles. The summed E-state index contributed by atoms with van der Waals surface area (Å²) in [6.07, 6.45) is 1.72. The molecule has 1 N–H and O–H groups in total. The van der Waals surface area contributed by atoms with Crippen molar-refractivity contribution in [1.82, 2.24) is 5.43 Å². The minimum Gasteiger partial charge on any atom is -0.462 e. The van der Waals surface area contributed by atoms with E-state index >= 15 is 0 Å². The Morgan fingerprint density at radius 2 is 1.83 bits per heavy atom. The predicted octanol–water partition coefficient (Wildman–Crippen LogP) is 4.43. The molecule has 2 aromatic carbocycles. The molecule has 0 bridgehead atoms. The summed E-state index contributed by atoms with van der Waals surface area (Å²) in [5.41, 5.74) is 7.05. The zero-order chi connectivity index (χ0) is 21.5. The molecule has 0 aliphatic rings. The van der Waals surface area contributed by atoms with Gasteiger partial charge in [0.1, 0.15) is 11.5 Å². The topological polar surface area (TPSA) is 80.9 Å². The van der Waals surface area contributed by atoms with Gasteiger partial charge in [-0.05, 0) is 56.2 Å². The monoisotopic (exact) mass is 404 g/mol. The lowest BCUT2D eigenvalue weighted by Gasteiger charge is -2.05. The number of hydrogen-bond acceptors (Lipinski definition) is 5. The summed E-state index contributed by atoms with van der Waals surface area (Å²) < 4.78 is 10.7. The molecular weight excluding hydrogens is 380 g/mol. The molecule has 3 rings (SSSR count). The molecule has 6 heteroatoms. The smallest absolute Gasteiger partial charge is 0.338 e. The van der Waals surface area contributed by atoms with E-state index in [0.717, 1.165) is 16.7 Å². The quantitative estimate of drug-likeness (QED) is 0.359. The molecule has 1 aromatic heterocycles. The third kappa shape index (κ3) is 5.44. The van der Waals surface area contributed by atoms with Gasteiger partial charge in [-0.2, -0.15) is 5.10 Å². The molecule has 6 nitrogen and oxygen atoms in total. The number of ether oxygens (including phenoxy) is 1. The normalized spacial score (nSPS) is 10.9. The minimum atomic E-state index is -0.354. The first-order valence-electron chi connectivity index (χ1n) is 9.71. The second kappa shape index (κ2) is 9.69. The van der Waals surface area contributed by atoms with Crippen molar-refractivity contribution in [3.05, 3.63) is 82.6 Å². The first kappa shape index (κ1) is 21.0. The fourth-order valence-corrected chi connectivity index (χ4v) is 2.99. The van der Waals surface area contributed by atoms with Gasteiger partial charge in [0, 0.05) is 5.56 Å². The fourth-order valence-electron chi connectivity index (χ4n) is 2.99. The van der Waals surface area contributed by atoms with Crippen LogP contribution in [0.2, 0.25) is 0 Å². The van der Waals surface area contributed by atoms with E-state index in [1.165, 1.54) is 11.8 Å². The fraction of sp³-hybridized carbons (Fsp3) is 0.208. The maximum absolute atomic E-state index is 12.1. The standard InChI is InChI=1S/C24H24N2O4/c1-4-29-24(28)19-9-7-18(8-10-19)22-12-11-21(30-22)15-25-26-23(27)14-20-6-5-16(2)13-17(20)3/h5-13,15H,4,14H2,1-3H3,(H,26,27)/b25-15+. The second-order valence-corrected chi connectivity index (χ2v) is 6.90. The molecule has 0 atom stereocenters. The van der Waals surface area contributed by atoms with Gasteiger partial charge >= 0.3 is 5.97 Å². The molecule has 0 fully saturated rings. The van der Waals surface area contributed by atoms with E-state index in [1.54, 1.807) is 43.3 Å². The van der Waals surface area contributed by atoms with Crippen LogP contribution in [0.5, 0.6) is 0 Å². The molecule has 154 valence electrons. The van der Waals surface area contributed by atoms with Crippen LogP contribution in [0.1, 0.15) is 39.7 Å². The van der Waals surface area contributed by atoms with Crippen molar-refractivity contribution in [3.8, 4) is 11.3 Å². The maximum Gasteiger partial charge on any atom is 0.338 e. The van der Waals surface area contributed by atoms with Gasteiger partial charge in [0.05, 0.1) is 24.8 Å². The third-order valence-corrected chi connectivity index (χ3v) is 4.54. The van der Waals surface area contributed by atoms with Crippen molar-refractivity contribution in [2.45, 2.75) is 27.2 Å². The van der Waals surface area contributed by atoms with E-state index in [0.29, 0.717) is 23.7 Å². The number of benzene rings is 2. The van der Waals surface area contributed by atoms with Gasteiger partial charge < -0.3 is 9.15 Å². The highest BCUT2D eigenvalue weighted by Crippen LogP contribution is 2.22. The summed E-state index contributed by atoms with van der Waals surface area (Å²) >= 11 is 0. The Labute approximate surface area is 175 Å². The SMILES string of the molecule is CCOC(=O)c1ccc(-c2ccc(/C=N/NC(=O)Cc3ccc(C)cc3C)o2)cc1. The van der Waals surface area contributed by atoms with E-state index in [1.807, 2.05) is 26.0 Å². The maximum atomic E-state index is 12.1. The molecule has 0 saturated carbocycles. The van der Waals surface area contributed by atoms with Crippen molar-refractivity contribution < 1.29 is 18.7 Å². The number of nitrogens with one attached hydrogen (secondary N) is 1. The minimum absolute atomic E-state index is 0.195. The van der Waals surface area contributed by atoms with Gasteiger partial charge in [0.2, 0.25) is 5.91 Å². The van der Waals surface area contributed by atoms with Crippen molar-refractivity contribution in [2.75, 3.05) is 6.61 Å². The van der Waals surface area contributed by atoms with Crippen LogP contribution in [0, 0.1) is 13.8 Å². The van der Waals surface area contributed by atoms with Gasteiger partial charge in [0.25, 0.3) is 0 Å². The number of rotatable bonds is 7. The van der Waals surface area contributed by atoms with E-state index in [4.69, 9.17) is 9.15 Å². The summed E-state index contributed by atoms with van der Waals surface area (Å²) in [5.74, 6) is 0.590. The van der Waals surface area contributed by atoms with Crippen LogP contribution < -0.4 is 5.43 Å². The molecule has 0 unspecified atom stereocenters. The average Bonchev–Trinajstić information content (AvgIpc) is 3.19. The Bertz CT molecular complexity index is 1070.